The van der Waals surface area contributed by atoms with Gasteiger partial charge in [-0.3, -0.25) is 4.79 Å². The van der Waals surface area contributed by atoms with E-state index in [1.807, 2.05) is 24.3 Å². The molecule has 0 fully saturated rings. The number of terminal acetylenes is 1. The number of benzene rings is 2. The summed E-state index contributed by atoms with van der Waals surface area (Å²) in [5.41, 5.74) is 1.33. The van der Waals surface area contributed by atoms with Crippen molar-refractivity contribution in [1.29, 1.82) is 0 Å². The van der Waals surface area contributed by atoms with Gasteiger partial charge in [-0.1, -0.05) is 18.1 Å². The summed E-state index contributed by atoms with van der Waals surface area (Å²) >= 11 is 1.32. The second-order valence-electron chi connectivity index (χ2n) is 5.33. The zero-order valence-corrected chi connectivity index (χ0v) is 15.2. The Kier molecular flexibility index (Phi) is 5.69. The highest BCUT2D eigenvalue weighted by Crippen LogP contribution is 2.32. The van der Waals surface area contributed by atoms with Gasteiger partial charge < -0.3 is 14.8 Å². The number of thiazole rings is 1. The van der Waals surface area contributed by atoms with Gasteiger partial charge in [0.1, 0.15) is 34.6 Å². The highest BCUT2D eigenvalue weighted by molar-refractivity contribution is 7.13. The number of para-hydroxylation sites is 1. The van der Waals surface area contributed by atoms with Crippen LogP contribution in [0.25, 0.3) is 10.6 Å². The molecule has 0 aliphatic carbocycles. The number of hydrogen-bond acceptors (Lipinski definition) is 5. The van der Waals surface area contributed by atoms with Gasteiger partial charge in [-0.05, 0) is 24.3 Å². The van der Waals surface area contributed by atoms with Gasteiger partial charge >= 0.3 is 0 Å². The molecule has 1 amide bonds. The molecule has 0 saturated carbocycles. The van der Waals surface area contributed by atoms with Crippen molar-refractivity contribution in [1.82, 2.24) is 4.98 Å². The maximum absolute atomic E-state index is 13.4. The molecular weight excluding hydrogens is 367 g/mol. The summed E-state index contributed by atoms with van der Waals surface area (Å²) < 4.78 is 24.0. The van der Waals surface area contributed by atoms with Gasteiger partial charge in [0.25, 0.3) is 5.91 Å². The van der Waals surface area contributed by atoms with Gasteiger partial charge in [0.15, 0.2) is 0 Å². The first-order valence-corrected chi connectivity index (χ1v) is 8.76. The van der Waals surface area contributed by atoms with Crippen LogP contribution >= 0.6 is 11.3 Å². The minimum atomic E-state index is -0.493. The van der Waals surface area contributed by atoms with Gasteiger partial charge in [0.2, 0.25) is 0 Å². The van der Waals surface area contributed by atoms with Gasteiger partial charge in [0.05, 0.1) is 18.4 Å². The molecular formula is C20H15FN2O3S. The van der Waals surface area contributed by atoms with E-state index in [4.69, 9.17) is 15.9 Å². The molecule has 0 unspecified atom stereocenters. The van der Waals surface area contributed by atoms with Crippen LogP contribution in [0.1, 0.15) is 10.5 Å². The molecule has 27 heavy (non-hydrogen) atoms. The van der Waals surface area contributed by atoms with E-state index in [-0.39, 0.29) is 18.1 Å². The molecule has 7 heteroatoms. The first-order chi connectivity index (χ1) is 13.1. The third-order valence-corrected chi connectivity index (χ3v) is 4.45. The molecule has 2 aromatic carbocycles. The minimum absolute atomic E-state index is 0.0407. The molecule has 5 nitrogen and oxygen atoms in total. The number of hydrogen-bond donors (Lipinski definition) is 1. The molecule has 0 aliphatic heterocycles. The van der Waals surface area contributed by atoms with Crippen LogP contribution in [-0.4, -0.2) is 24.6 Å². The SMILES string of the molecule is C#CCOc1cc(F)ccc1NC(=O)c1csc(-c2ccccc2OC)n1. The Morgan fingerprint density at radius 2 is 2.11 bits per heavy atom. The van der Waals surface area contributed by atoms with E-state index < -0.39 is 11.7 Å². The maximum Gasteiger partial charge on any atom is 0.275 e. The Morgan fingerprint density at radius 3 is 2.89 bits per heavy atom. The van der Waals surface area contributed by atoms with E-state index >= 15 is 0 Å². The van der Waals surface area contributed by atoms with Crippen molar-refractivity contribution < 1.29 is 18.7 Å². The van der Waals surface area contributed by atoms with E-state index in [1.54, 1.807) is 12.5 Å². The molecule has 1 heterocycles. The number of nitrogens with zero attached hydrogens (tertiary/aromatic N) is 1. The van der Waals surface area contributed by atoms with Crippen molar-refractivity contribution in [3.63, 3.8) is 0 Å². The van der Waals surface area contributed by atoms with Gasteiger partial charge in [-0.25, -0.2) is 9.37 Å². The predicted molar refractivity (Wildman–Crippen MR) is 103 cm³/mol. The predicted octanol–water partition coefficient (Wildman–Crippen LogP) is 4.22. The minimum Gasteiger partial charge on any atom is -0.496 e. The average molecular weight is 382 g/mol. The fourth-order valence-corrected chi connectivity index (χ4v) is 3.18. The van der Waals surface area contributed by atoms with Crippen LogP contribution in [0.15, 0.2) is 47.8 Å². The van der Waals surface area contributed by atoms with Crippen molar-refractivity contribution in [3.05, 3.63) is 59.4 Å². The van der Waals surface area contributed by atoms with Crippen LogP contribution in [0.4, 0.5) is 10.1 Å². The lowest BCUT2D eigenvalue weighted by Crippen LogP contribution is -2.13. The zero-order chi connectivity index (χ0) is 19.2. The molecule has 136 valence electrons. The molecule has 0 spiro atoms. The van der Waals surface area contributed by atoms with Crippen molar-refractivity contribution in [2.75, 3.05) is 19.0 Å². The molecule has 1 aromatic heterocycles. The average Bonchev–Trinajstić information content (AvgIpc) is 3.18. The highest BCUT2D eigenvalue weighted by Gasteiger charge is 2.16. The van der Waals surface area contributed by atoms with Crippen molar-refractivity contribution >= 4 is 22.9 Å². The highest BCUT2D eigenvalue weighted by atomic mass is 32.1. The Bertz CT molecular complexity index is 1010. The number of halogens is 1. The Labute approximate surface area is 159 Å². The lowest BCUT2D eigenvalue weighted by molar-refractivity contribution is 0.102. The normalized spacial score (nSPS) is 10.1. The number of amides is 1. The molecule has 3 rings (SSSR count). The van der Waals surface area contributed by atoms with Crippen LogP contribution in [0.2, 0.25) is 0 Å². The van der Waals surface area contributed by atoms with Crippen molar-refractivity contribution in [2.45, 2.75) is 0 Å². The standard InChI is InChI=1S/C20H15FN2O3S/c1-3-10-26-18-11-13(21)8-9-15(18)22-19(24)16-12-27-20(23-16)14-6-4-5-7-17(14)25-2/h1,4-9,11-12H,10H2,2H3,(H,22,24). The smallest absolute Gasteiger partial charge is 0.275 e. The van der Waals surface area contributed by atoms with Crippen LogP contribution < -0.4 is 14.8 Å². The number of carbonyl (C=O) groups is 1. The van der Waals surface area contributed by atoms with Gasteiger partial charge in [0, 0.05) is 11.4 Å². The molecule has 0 saturated heterocycles. The molecule has 1 N–H and O–H groups in total. The summed E-state index contributed by atoms with van der Waals surface area (Å²) in [6, 6.07) is 11.2. The first-order valence-electron chi connectivity index (χ1n) is 7.88. The molecule has 0 atom stereocenters. The lowest BCUT2D eigenvalue weighted by atomic mass is 10.2. The largest absolute Gasteiger partial charge is 0.496 e. The second-order valence-corrected chi connectivity index (χ2v) is 6.18. The van der Waals surface area contributed by atoms with Gasteiger partial charge in [-0.15, -0.1) is 17.8 Å². The van der Waals surface area contributed by atoms with Crippen molar-refractivity contribution in [3.8, 4) is 34.4 Å². The Balaban J connectivity index is 1.82. The molecule has 3 aromatic rings. The number of nitrogens with one attached hydrogen (secondary N) is 1. The topological polar surface area (TPSA) is 60.5 Å². The Morgan fingerprint density at radius 1 is 1.30 bits per heavy atom. The quantitative estimate of drug-likeness (QED) is 0.649. The number of aromatic nitrogens is 1. The van der Waals surface area contributed by atoms with Crippen LogP contribution in [0, 0.1) is 18.2 Å². The summed E-state index contributed by atoms with van der Waals surface area (Å²) in [7, 11) is 1.58. The Hall–Kier alpha value is -3.37. The number of ether oxygens (including phenoxy) is 2. The first kappa shape index (κ1) is 18.4. The number of anilines is 1. The third kappa shape index (κ3) is 4.25. The summed E-state index contributed by atoms with van der Waals surface area (Å²) in [5, 5.41) is 4.96. The molecule has 0 radical (unpaired) electrons. The summed E-state index contributed by atoms with van der Waals surface area (Å²) in [6.45, 7) is -0.0407. The monoisotopic (exact) mass is 382 g/mol. The third-order valence-electron chi connectivity index (χ3n) is 3.58. The molecule has 0 bridgehead atoms. The van der Waals surface area contributed by atoms with Crippen LogP contribution in [-0.2, 0) is 0 Å². The summed E-state index contributed by atoms with van der Waals surface area (Å²) in [6.07, 6.45) is 5.16. The molecule has 0 aliphatic rings. The summed E-state index contributed by atoms with van der Waals surface area (Å²) in [5.74, 6) is 2.19. The van der Waals surface area contributed by atoms with E-state index in [2.05, 4.69) is 16.2 Å². The van der Waals surface area contributed by atoms with Gasteiger partial charge in [-0.2, -0.15) is 0 Å². The van der Waals surface area contributed by atoms with Crippen LogP contribution in [0.3, 0.4) is 0 Å². The van der Waals surface area contributed by atoms with E-state index in [1.165, 1.54) is 23.5 Å². The second kappa shape index (κ2) is 8.34. The zero-order valence-electron chi connectivity index (χ0n) is 14.4. The maximum atomic E-state index is 13.4. The van der Waals surface area contributed by atoms with E-state index in [9.17, 15) is 9.18 Å². The van der Waals surface area contributed by atoms with E-state index in [0.717, 1.165) is 11.6 Å². The lowest BCUT2D eigenvalue weighted by Gasteiger charge is -2.10. The van der Waals surface area contributed by atoms with Crippen LogP contribution in [0.5, 0.6) is 11.5 Å². The summed E-state index contributed by atoms with van der Waals surface area (Å²) in [4.78, 5) is 16.9. The number of methoxy groups -OCH3 is 1. The van der Waals surface area contributed by atoms with E-state index in [0.29, 0.717) is 16.4 Å². The fraction of sp³-hybridized carbons (Fsp3) is 0.100. The number of rotatable bonds is 6. The fourth-order valence-electron chi connectivity index (χ4n) is 2.35. The number of carbonyl (C=O) groups excluding carboxylic acids is 1. The van der Waals surface area contributed by atoms with Crippen molar-refractivity contribution in [2.24, 2.45) is 0 Å².